The lowest BCUT2D eigenvalue weighted by Crippen LogP contribution is -2.37. The molecule has 0 spiro atoms. The van der Waals surface area contributed by atoms with Crippen LogP contribution < -0.4 is 5.32 Å². The number of nitrogens with zero attached hydrogens (tertiary/aromatic N) is 3. The Balaban J connectivity index is 1.72. The van der Waals surface area contributed by atoms with Crippen LogP contribution in [0.25, 0.3) is 0 Å². The number of rotatable bonds is 4. The standard InChI is InChI=1S/C16H20N4O4/c1-9-4-10-11(5-16(2,3)6-13(10)24-9)17-14(21)8-20-7-12(15(22)23)18-19-20/h4,7,11H,5-6,8H2,1-3H3,(H,17,21)(H,22,23). The number of aromatic nitrogens is 3. The fourth-order valence-corrected chi connectivity index (χ4v) is 3.17. The third kappa shape index (κ3) is 3.32. The molecule has 2 N–H and O–H groups in total. The number of hydrogen-bond acceptors (Lipinski definition) is 5. The lowest BCUT2D eigenvalue weighted by molar-refractivity contribution is -0.122. The number of carbonyl (C=O) groups excluding carboxylic acids is 1. The molecule has 24 heavy (non-hydrogen) atoms. The number of nitrogens with one attached hydrogen (secondary N) is 1. The number of aryl methyl sites for hydroxylation is 1. The molecule has 0 aromatic carbocycles. The lowest BCUT2D eigenvalue weighted by Gasteiger charge is -2.34. The monoisotopic (exact) mass is 332 g/mol. The molecule has 8 nitrogen and oxygen atoms in total. The van der Waals surface area contributed by atoms with Crippen LogP contribution in [-0.4, -0.2) is 32.0 Å². The minimum Gasteiger partial charge on any atom is -0.476 e. The Morgan fingerprint density at radius 2 is 2.25 bits per heavy atom. The zero-order valence-electron chi connectivity index (χ0n) is 13.9. The number of fused-ring (bicyclic) bond motifs is 1. The van der Waals surface area contributed by atoms with E-state index in [0.29, 0.717) is 0 Å². The van der Waals surface area contributed by atoms with Gasteiger partial charge in [-0.15, -0.1) is 5.10 Å². The Morgan fingerprint density at radius 1 is 1.50 bits per heavy atom. The number of carbonyl (C=O) groups is 2. The summed E-state index contributed by atoms with van der Waals surface area (Å²) in [6.45, 7) is 6.10. The van der Waals surface area contributed by atoms with E-state index < -0.39 is 5.97 Å². The van der Waals surface area contributed by atoms with E-state index in [1.54, 1.807) is 0 Å². The minimum atomic E-state index is -1.17. The van der Waals surface area contributed by atoms with Crippen LogP contribution in [0.2, 0.25) is 0 Å². The van der Waals surface area contributed by atoms with Crippen LogP contribution in [0.3, 0.4) is 0 Å². The van der Waals surface area contributed by atoms with Gasteiger partial charge in [-0.2, -0.15) is 0 Å². The first kappa shape index (κ1) is 16.2. The van der Waals surface area contributed by atoms with Gasteiger partial charge in [-0.05, 0) is 24.8 Å². The summed E-state index contributed by atoms with van der Waals surface area (Å²) in [6.07, 6.45) is 2.89. The topological polar surface area (TPSA) is 110 Å². The first-order valence-corrected chi connectivity index (χ1v) is 7.75. The summed E-state index contributed by atoms with van der Waals surface area (Å²) in [6, 6.07) is 1.84. The normalized spacial score (nSPS) is 18.9. The van der Waals surface area contributed by atoms with E-state index in [-0.39, 0.29) is 29.6 Å². The van der Waals surface area contributed by atoms with E-state index in [1.807, 2.05) is 13.0 Å². The van der Waals surface area contributed by atoms with E-state index in [2.05, 4.69) is 29.5 Å². The van der Waals surface area contributed by atoms with Crippen molar-refractivity contribution in [3.8, 4) is 0 Å². The number of hydrogen-bond donors (Lipinski definition) is 2. The van der Waals surface area contributed by atoms with Crippen LogP contribution in [0.4, 0.5) is 0 Å². The largest absolute Gasteiger partial charge is 0.476 e. The van der Waals surface area contributed by atoms with Gasteiger partial charge in [0, 0.05) is 12.0 Å². The quantitative estimate of drug-likeness (QED) is 0.882. The molecule has 2 aromatic rings. The number of amides is 1. The zero-order valence-corrected chi connectivity index (χ0v) is 13.9. The molecule has 2 heterocycles. The van der Waals surface area contributed by atoms with E-state index in [4.69, 9.17) is 9.52 Å². The van der Waals surface area contributed by atoms with Crippen LogP contribution in [0.5, 0.6) is 0 Å². The minimum absolute atomic E-state index is 0.0268. The maximum atomic E-state index is 12.3. The first-order valence-electron chi connectivity index (χ1n) is 7.75. The van der Waals surface area contributed by atoms with E-state index >= 15 is 0 Å². The van der Waals surface area contributed by atoms with Gasteiger partial charge in [-0.25, -0.2) is 9.48 Å². The molecule has 0 bridgehead atoms. The maximum absolute atomic E-state index is 12.3. The molecule has 1 aliphatic carbocycles. The molecule has 128 valence electrons. The first-order chi connectivity index (χ1) is 11.2. The van der Waals surface area contributed by atoms with Crippen molar-refractivity contribution in [3.63, 3.8) is 0 Å². The predicted octanol–water partition coefficient (Wildman–Crippen LogP) is 1.71. The van der Waals surface area contributed by atoms with Crippen molar-refractivity contribution in [2.75, 3.05) is 0 Å². The fourth-order valence-electron chi connectivity index (χ4n) is 3.17. The summed E-state index contributed by atoms with van der Waals surface area (Å²) in [5, 5.41) is 19.0. The highest BCUT2D eigenvalue weighted by molar-refractivity contribution is 5.84. The molecule has 1 atom stereocenters. The molecule has 1 aliphatic rings. The van der Waals surface area contributed by atoms with E-state index in [0.717, 1.165) is 29.9 Å². The van der Waals surface area contributed by atoms with Crippen molar-refractivity contribution in [3.05, 3.63) is 35.0 Å². The van der Waals surface area contributed by atoms with Crippen molar-refractivity contribution in [2.45, 2.75) is 46.2 Å². The number of aromatic carboxylic acids is 1. The van der Waals surface area contributed by atoms with Crippen molar-refractivity contribution in [1.29, 1.82) is 0 Å². The van der Waals surface area contributed by atoms with Crippen LogP contribution in [0, 0.1) is 12.3 Å². The molecule has 0 saturated heterocycles. The van der Waals surface area contributed by atoms with Crippen molar-refractivity contribution in [1.82, 2.24) is 20.3 Å². The Kier molecular flexibility index (Phi) is 3.90. The second-order valence-corrected chi connectivity index (χ2v) is 7.01. The van der Waals surface area contributed by atoms with Crippen LogP contribution in [0.15, 0.2) is 16.7 Å². The lowest BCUT2D eigenvalue weighted by atomic mass is 9.74. The van der Waals surface area contributed by atoms with Gasteiger partial charge < -0.3 is 14.8 Å². The Morgan fingerprint density at radius 3 is 2.92 bits per heavy atom. The summed E-state index contributed by atoms with van der Waals surface area (Å²) in [4.78, 5) is 23.1. The van der Waals surface area contributed by atoms with Crippen molar-refractivity contribution < 1.29 is 19.1 Å². The van der Waals surface area contributed by atoms with Gasteiger partial charge in [-0.3, -0.25) is 4.79 Å². The third-order valence-electron chi connectivity index (χ3n) is 4.13. The molecule has 2 aromatic heterocycles. The van der Waals surface area contributed by atoms with Gasteiger partial charge in [0.05, 0.1) is 12.2 Å². The summed E-state index contributed by atoms with van der Waals surface area (Å²) in [5.41, 5.74) is 0.859. The summed E-state index contributed by atoms with van der Waals surface area (Å²) >= 11 is 0. The SMILES string of the molecule is Cc1cc2c(o1)CC(C)(C)CC2NC(=O)Cn1cc(C(=O)O)nn1. The third-order valence-corrected chi connectivity index (χ3v) is 4.13. The highest BCUT2D eigenvalue weighted by Crippen LogP contribution is 2.41. The molecule has 1 amide bonds. The predicted molar refractivity (Wildman–Crippen MR) is 83.4 cm³/mol. The van der Waals surface area contributed by atoms with Crippen LogP contribution >= 0.6 is 0 Å². The van der Waals surface area contributed by atoms with Gasteiger partial charge in [0.25, 0.3) is 0 Å². The average molecular weight is 332 g/mol. The Labute approximate surface area is 138 Å². The zero-order chi connectivity index (χ0) is 17.5. The van der Waals surface area contributed by atoms with Crippen LogP contribution in [0.1, 0.15) is 53.9 Å². The van der Waals surface area contributed by atoms with Gasteiger partial charge in [0.15, 0.2) is 5.69 Å². The Hall–Kier alpha value is -2.64. The molecule has 3 rings (SSSR count). The van der Waals surface area contributed by atoms with Gasteiger partial charge in [-0.1, -0.05) is 19.1 Å². The van der Waals surface area contributed by atoms with Gasteiger partial charge in [0.1, 0.15) is 18.1 Å². The number of carboxylic acid groups (broad SMARTS) is 1. The fraction of sp³-hybridized carbons (Fsp3) is 0.500. The summed E-state index contributed by atoms with van der Waals surface area (Å²) < 4.78 is 6.97. The van der Waals surface area contributed by atoms with Gasteiger partial charge in [0.2, 0.25) is 5.91 Å². The average Bonchev–Trinajstić information content (AvgIpc) is 3.03. The number of carboxylic acids is 1. The van der Waals surface area contributed by atoms with Gasteiger partial charge >= 0.3 is 5.97 Å². The molecular formula is C16H20N4O4. The molecule has 0 fully saturated rings. The van der Waals surface area contributed by atoms with Crippen molar-refractivity contribution >= 4 is 11.9 Å². The molecule has 8 heteroatoms. The maximum Gasteiger partial charge on any atom is 0.358 e. The summed E-state index contributed by atoms with van der Waals surface area (Å²) in [7, 11) is 0. The van der Waals surface area contributed by atoms with Crippen LogP contribution in [-0.2, 0) is 17.8 Å². The highest BCUT2D eigenvalue weighted by Gasteiger charge is 2.35. The molecule has 0 saturated carbocycles. The second-order valence-electron chi connectivity index (χ2n) is 7.01. The molecular weight excluding hydrogens is 312 g/mol. The molecule has 0 radical (unpaired) electrons. The Bertz CT molecular complexity index is 790. The van der Waals surface area contributed by atoms with E-state index in [1.165, 1.54) is 10.9 Å². The number of furan rings is 1. The summed E-state index contributed by atoms with van der Waals surface area (Å²) in [5.74, 6) is 0.334. The van der Waals surface area contributed by atoms with E-state index in [9.17, 15) is 9.59 Å². The highest BCUT2D eigenvalue weighted by atomic mass is 16.4. The molecule has 1 unspecified atom stereocenters. The molecule has 0 aliphatic heterocycles. The van der Waals surface area contributed by atoms with Crippen molar-refractivity contribution in [2.24, 2.45) is 5.41 Å². The smallest absolute Gasteiger partial charge is 0.358 e. The second kappa shape index (κ2) is 5.77.